The number of para-hydroxylation sites is 1. The molecule has 1 amide bonds. The molecule has 150 valence electrons. The first-order chi connectivity index (χ1) is 14.2. The highest BCUT2D eigenvalue weighted by molar-refractivity contribution is 6.04. The summed E-state index contributed by atoms with van der Waals surface area (Å²) >= 11 is 0. The number of fused-ring (bicyclic) bond motifs is 1. The summed E-state index contributed by atoms with van der Waals surface area (Å²) in [6.07, 6.45) is 3.95. The van der Waals surface area contributed by atoms with Crippen LogP contribution in [-0.4, -0.2) is 22.2 Å². The number of benzene rings is 2. The predicted octanol–water partition coefficient (Wildman–Crippen LogP) is 4.29. The maximum Gasteiger partial charge on any atom is 0.276 e. The number of amides is 1. The van der Waals surface area contributed by atoms with Gasteiger partial charge in [0, 0.05) is 23.5 Å². The number of aromatic nitrogens is 2. The molecule has 3 aromatic rings. The summed E-state index contributed by atoms with van der Waals surface area (Å²) in [5.74, 6) is -0.129. The number of aryl methyl sites for hydroxylation is 1. The molecule has 0 bridgehead atoms. The largest absolute Gasteiger partial charge is 0.320 e. The van der Waals surface area contributed by atoms with Crippen molar-refractivity contribution in [3.8, 4) is 5.69 Å². The average molecular weight is 389 g/mol. The van der Waals surface area contributed by atoms with E-state index in [1.165, 1.54) is 11.3 Å². The SMILES string of the molecule is CCNCc1ccccc1NC(=O)c1nn(-c2ccc(CC)cc2)c2c1CCC2. The van der Waals surface area contributed by atoms with Crippen LogP contribution in [0.25, 0.3) is 5.69 Å². The number of hydrogen-bond donors (Lipinski definition) is 2. The third-order valence-corrected chi connectivity index (χ3v) is 5.57. The molecule has 0 unspecified atom stereocenters. The number of nitrogens with zero attached hydrogens (tertiary/aromatic N) is 2. The van der Waals surface area contributed by atoms with E-state index in [9.17, 15) is 4.79 Å². The van der Waals surface area contributed by atoms with Crippen molar-refractivity contribution < 1.29 is 4.79 Å². The second-order valence-electron chi connectivity index (χ2n) is 7.45. The number of rotatable bonds is 7. The maximum atomic E-state index is 13.1. The van der Waals surface area contributed by atoms with Gasteiger partial charge in [-0.15, -0.1) is 0 Å². The van der Waals surface area contributed by atoms with Crippen LogP contribution in [0.2, 0.25) is 0 Å². The van der Waals surface area contributed by atoms with E-state index >= 15 is 0 Å². The van der Waals surface area contributed by atoms with Gasteiger partial charge >= 0.3 is 0 Å². The summed E-state index contributed by atoms with van der Waals surface area (Å²) in [5.41, 5.74) is 7.04. The van der Waals surface area contributed by atoms with E-state index < -0.39 is 0 Å². The lowest BCUT2D eigenvalue weighted by Crippen LogP contribution is -2.18. The number of nitrogens with one attached hydrogen (secondary N) is 2. The van der Waals surface area contributed by atoms with Crippen LogP contribution in [0, 0.1) is 0 Å². The number of anilines is 1. The molecule has 0 spiro atoms. The molecule has 0 radical (unpaired) electrons. The zero-order valence-electron chi connectivity index (χ0n) is 17.2. The van der Waals surface area contributed by atoms with Gasteiger partial charge in [0.2, 0.25) is 0 Å². The Balaban J connectivity index is 1.63. The Morgan fingerprint density at radius 1 is 1.07 bits per heavy atom. The Kier molecular flexibility index (Phi) is 5.76. The number of carbonyl (C=O) groups is 1. The van der Waals surface area contributed by atoms with Gasteiger partial charge < -0.3 is 10.6 Å². The van der Waals surface area contributed by atoms with Crippen LogP contribution in [0.3, 0.4) is 0 Å². The van der Waals surface area contributed by atoms with Crippen LogP contribution < -0.4 is 10.6 Å². The third kappa shape index (κ3) is 3.96. The highest BCUT2D eigenvalue weighted by Gasteiger charge is 2.27. The molecule has 0 atom stereocenters. The molecule has 2 N–H and O–H groups in total. The molecular weight excluding hydrogens is 360 g/mol. The van der Waals surface area contributed by atoms with Crippen LogP contribution in [0.5, 0.6) is 0 Å². The fourth-order valence-corrected chi connectivity index (χ4v) is 3.94. The van der Waals surface area contributed by atoms with E-state index in [4.69, 9.17) is 5.10 Å². The minimum absolute atomic E-state index is 0.129. The highest BCUT2D eigenvalue weighted by atomic mass is 16.2. The van der Waals surface area contributed by atoms with Crippen molar-refractivity contribution in [2.45, 2.75) is 46.1 Å². The van der Waals surface area contributed by atoms with Gasteiger partial charge in [-0.05, 0) is 61.6 Å². The van der Waals surface area contributed by atoms with Gasteiger partial charge in [-0.1, -0.05) is 44.2 Å². The molecule has 1 heterocycles. The van der Waals surface area contributed by atoms with Gasteiger partial charge in [0.1, 0.15) is 0 Å². The molecular formula is C24H28N4O. The van der Waals surface area contributed by atoms with E-state index in [-0.39, 0.29) is 5.91 Å². The van der Waals surface area contributed by atoms with E-state index in [0.717, 1.165) is 61.3 Å². The lowest BCUT2D eigenvalue weighted by atomic mass is 10.1. The fourth-order valence-electron chi connectivity index (χ4n) is 3.94. The monoisotopic (exact) mass is 388 g/mol. The molecule has 4 rings (SSSR count). The predicted molar refractivity (Wildman–Crippen MR) is 117 cm³/mol. The summed E-state index contributed by atoms with van der Waals surface area (Å²) in [6.45, 7) is 5.83. The fraction of sp³-hybridized carbons (Fsp3) is 0.333. The number of hydrogen-bond acceptors (Lipinski definition) is 3. The van der Waals surface area contributed by atoms with Crippen LogP contribution in [0.1, 0.15) is 53.1 Å². The van der Waals surface area contributed by atoms with Gasteiger partial charge in [-0.3, -0.25) is 4.79 Å². The minimum Gasteiger partial charge on any atom is -0.320 e. The van der Waals surface area contributed by atoms with Crippen LogP contribution >= 0.6 is 0 Å². The standard InChI is InChI=1S/C24H28N4O/c1-3-17-12-14-19(15-13-17)28-22-11-7-9-20(22)23(27-28)24(29)26-21-10-6-5-8-18(21)16-25-4-2/h5-6,8,10,12-15,25H,3-4,7,9,11,16H2,1-2H3,(H,26,29). The second-order valence-corrected chi connectivity index (χ2v) is 7.45. The normalized spacial score (nSPS) is 12.8. The highest BCUT2D eigenvalue weighted by Crippen LogP contribution is 2.29. The van der Waals surface area contributed by atoms with Crippen LogP contribution in [-0.2, 0) is 25.8 Å². The topological polar surface area (TPSA) is 58.9 Å². The quantitative estimate of drug-likeness (QED) is 0.635. The molecule has 1 aromatic heterocycles. The molecule has 5 nitrogen and oxygen atoms in total. The summed E-state index contributed by atoms with van der Waals surface area (Å²) in [5, 5.41) is 11.2. The van der Waals surface area contributed by atoms with E-state index in [0.29, 0.717) is 5.69 Å². The van der Waals surface area contributed by atoms with Gasteiger partial charge in [0.05, 0.1) is 5.69 Å². The Bertz CT molecular complexity index is 1000. The molecule has 0 saturated heterocycles. The average Bonchev–Trinajstić information content (AvgIpc) is 3.36. The Morgan fingerprint density at radius 2 is 1.86 bits per heavy atom. The van der Waals surface area contributed by atoms with Crippen molar-refractivity contribution in [2.24, 2.45) is 0 Å². The van der Waals surface area contributed by atoms with Crippen molar-refractivity contribution in [1.82, 2.24) is 15.1 Å². The zero-order valence-corrected chi connectivity index (χ0v) is 17.2. The first kappa shape index (κ1) is 19.4. The van der Waals surface area contributed by atoms with Gasteiger partial charge in [-0.2, -0.15) is 5.10 Å². The molecule has 2 aromatic carbocycles. The maximum absolute atomic E-state index is 13.1. The second kappa shape index (κ2) is 8.62. The van der Waals surface area contributed by atoms with Crippen molar-refractivity contribution in [1.29, 1.82) is 0 Å². The van der Waals surface area contributed by atoms with Crippen molar-refractivity contribution >= 4 is 11.6 Å². The van der Waals surface area contributed by atoms with E-state index in [1.807, 2.05) is 28.9 Å². The first-order valence-corrected chi connectivity index (χ1v) is 10.5. The summed E-state index contributed by atoms with van der Waals surface area (Å²) < 4.78 is 1.96. The number of carbonyl (C=O) groups excluding carboxylic acids is 1. The van der Waals surface area contributed by atoms with E-state index in [1.54, 1.807) is 0 Å². The van der Waals surface area contributed by atoms with Crippen molar-refractivity contribution in [2.75, 3.05) is 11.9 Å². The van der Waals surface area contributed by atoms with Crippen LogP contribution in [0.4, 0.5) is 5.69 Å². The molecule has 0 aliphatic heterocycles. The minimum atomic E-state index is -0.129. The van der Waals surface area contributed by atoms with Gasteiger partial charge in [0.25, 0.3) is 5.91 Å². The Labute approximate surface area is 172 Å². The van der Waals surface area contributed by atoms with Crippen LogP contribution in [0.15, 0.2) is 48.5 Å². The lowest BCUT2D eigenvalue weighted by Gasteiger charge is -2.11. The Hall–Kier alpha value is -2.92. The Morgan fingerprint density at radius 3 is 2.62 bits per heavy atom. The third-order valence-electron chi connectivity index (χ3n) is 5.57. The lowest BCUT2D eigenvalue weighted by molar-refractivity contribution is 0.102. The molecule has 0 fully saturated rings. The summed E-state index contributed by atoms with van der Waals surface area (Å²) in [4.78, 5) is 13.1. The molecule has 1 aliphatic rings. The van der Waals surface area contributed by atoms with E-state index in [2.05, 4.69) is 48.7 Å². The van der Waals surface area contributed by atoms with Gasteiger partial charge in [-0.25, -0.2) is 4.68 Å². The smallest absolute Gasteiger partial charge is 0.276 e. The molecule has 0 saturated carbocycles. The van der Waals surface area contributed by atoms with Crippen molar-refractivity contribution in [3.05, 3.63) is 76.6 Å². The molecule has 5 heteroatoms. The zero-order chi connectivity index (χ0) is 20.2. The summed E-state index contributed by atoms with van der Waals surface area (Å²) in [6, 6.07) is 16.4. The molecule has 29 heavy (non-hydrogen) atoms. The van der Waals surface area contributed by atoms with Crippen molar-refractivity contribution in [3.63, 3.8) is 0 Å². The van der Waals surface area contributed by atoms with Gasteiger partial charge in [0.15, 0.2) is 5.69 Å². The summed E-state index contributed by atoms with van der Waals surface area (Å²) in [7, 11) is 0. The molecule has 1 aliphatic carbocycles. The first-order valence-electron chi connectivity index (χ1n) is 10.5.